The highest BCUT2D eigenvalue weighted by molar-refractivity contribution is 9.69. The number of amides is 2. The summed E-state index contributed by atoms with van der Waals surface area (Å²) in [5, 5.41) is 32.8. The van der Waals surface area contributed by atoms with Gasteiger partial charge < -0.3 is 36.8 Å². The van der Waals surface area contributed by atoms with Crippen LogP contribution in [0.1, 0.15) is 116 Å². The fraction of sp³-hybridized carbons (Fsp3) is 0.242. The number of rotatable bonds is 21. The van der Waals surface area contributed by atoms with Gasteiger partial charge in [-0.3, -0.25) is 9.59 Å². The summed E-state index contributed by atoms with van der Waals surface area (Å²) in [6.45, 7) is 8.67. The van der Waals surface area contributed by atoms with Crippen LogP contribution >= 0.6 is 79.1 Å². The van der Waals surface area contributed by atoms with Crippen LogP contribution < -0.4 is 31.7 Å². The van der Waals surface area contributed by atoms with Crippen LogP contribution in [-0.4, -0.2) is 52.8 Å². The van der Waals surface area contributed by atoms with Crippen molar-refractivity contribution in [3.05, 3.63) is 247 Å². The van der Waals surface area contributed by atoms with Crippen molar-refractivity contribution in [3.8, 4) is 22.9 Å². The van der Waals surface area contributed by atoms with Gasteiger partial charge in [-0.15, -0.1) is 47.3 Å². The number of nitrogens with two attached hydrogens (primary N) is 1. The monoisotopic (exact) mass is 1460 g/mol. The zero-order valence-electron chi connectivity index (χ0n) is 47.4. The Morgan fingerprint density at radius 3 is 1.53 bits per heavy atom. The second kappa shape index (κ2) is 30.5. The highest BCUT2D eigenvalue weighted by atomic mass is 79.9. The Morgan fingerprint density at radius 1 is 0.588 bits per heavy atom. The number of benzene rings is 7. The van der Waals surface area contributed by atoms with E-state index in [1.807, 2.05) is 129 Å². The van der Waals surface area contributed by atoms with Crippen molar-refractivity contribution in [1.29, 1.82) is 0 Å². The van der Waals surface area contributed by atoms with E-state index in [4.69, 9.17) is 10.5 Å². The van der Waals surface area contributed by atoms with E-state index in [0.717, 1.165) is 91.6 Å². The molecular weight excluding hydrogens is 1390 g/mol. The Hall–Kier alpha value is -6.16. The number of halogens is 5. The van der Waals surface area contributed by atoms with Gasteiger partial charge >= 0.3 is 3.18 Å². The molecule has 11 rings (SSSR count). The van der Waals surface area contributed by atoms with Gasteiger partial charge in [-0.1, -0.05) is 97.9 Å². The highest BCUT2D eigenvalue weighted by Crippen LogP contribution is 2.36. The zero-order chi connectivity index (χ0) is 60.0. The van der Waals surface area contributed by atoms with Gasteiger partial charge in [0.15, 0.2) is 0 Å². The molecule has 9 aromatic rings. The summed E-state index contributed by atoms with van der Waals surface area (Å²) in [7, 11) is 0. The van der Waals surface area contributed by atoms with Gasteiger partial charge in [-0.05, 0) is 227 Å². The number of aryl methyl sites for hydroxylation is 3. The zero-order valence-corrected chi connectivity index (χ0v) is 55.4. The van der Waals surface area contributed by atoms with Crippen LogP contribution in [0, 0.1) is 25.7 Å². The summed E-state index contributed by atoms with van der Waals surface area (Å²) in [5.41, 5.74) is 18.9. The molecule has 0 radical (unpaired) electrons. The number of hydrogen-bond donors (Lipinski definition) is 6. The molecule has 0 bridgehead atoms. The molecule has 2 amide bonds. The van der Waals surface area contributed by atoms with E-state index in [0.29, 0.717) is 46.5 Å². The van der Waals surface area contributed by atoms with Crippen LogP contribution in [0.5, 0.6) is 11.5 Å². The Kier molecular flexibility index (Phi) is 22.7. The number of nitrogens with zero attached hydrogens (tertiary/aromatic N) is 4. The number of hydrogen-bond acceptors (Lipinski definition) is 9. The van der Waals surface area contributed by atoms with Gasteiger partial charge in [0, 0.05) is 17.9 Å². The van der Waals surface area contributed by atoms with Crippen molar-refractivity contribution < 1.29 is 19.4 Å². The normalized spacial score (nSPS) is 13.3. The first-order valence-electron chi connectivity index (χ1n) is 28.3. The van der Waals surface area contributed by atoms with E-state index in [9.17, 15) is 14.7 Å². The third-order valence-corrected chi connectivity index (χ3v) is 15.7. The van der Waals surface area contributed by atoms with E-state index >= 15 is 0 Å². The van der Waals surface area contributed by atoms with Gasteiger partial charge in [0.2, 0.25) is 0 Å². The number of carbonyl (C=O) groups is 2. The predicted octanol–water partition coefficient (Wildman–Crippen LogP) is 16.0. The maximum atomic E-state index is 13.6. The fourth-order valence-electron chi connectivity index (χ4n) is 9.74. The van der Waals surface area contributed by atoms with Crippen molar-refractivity contribution in [2.24, 2.45) is 17.6 Å². The second-order valence-electron chi connectivity index (χ2n) is 21.2. The SMILES string of the molecule is BrB(Br)Br.CCc1cccc(-n2nc(C)cc2C(=O)Nc2cccc(C(NCC3CC3)c3ccc(OCc4ccccc4)c(Br)c3)c2)c1.Cc1cc(C(=O)Nc2cccc(C(NCC3CC3)c3ccc(O)c(Br)c3)c2)n(-c2cccc(CN)c2)n1. The Morgan fingerprint density at radius 2 is 1.05 bits per heavy atom. The summed E-state index contributed by atoms with van der Waals surface area (Å²) in [6.07, 6.45) is 5.94. The van der Waals surface area contributed by atoms with Crippen LogP contribution in [0.15, 0.2) is 185 Å². The van der Waals surface area contributed by atoms with Gasteiger partial charge in [0.25, 0.3) is 11.8 Å². The second-order valence-corrected chi connectivity index (χ2v) is 29.4. The minimum Gasteiger partial charge on any atom is -0.507 e. The summed E-state index contributed by atoms with van der Waals surface area (Å²) < 4.78 is 11.3. The highest BCUT2D eigenvalue weighted by Gasteiger charge is 2.27. The molecule has 2 heterocycles. The number of ether oxygens (including phenoxy) is 1. The third kappa shape index (κ3) is 18.2. The van der Waals surface area contributed by atoms with Crippen LogP contribution in [0.25, 0.3) is 11.4 Å². The third-order valence-electron chi connectivity index (χ3n) is 14.5. The van der Waals surface area contributed by atoms with Crippen LogP contribution in [0.2, 0.25) is 0 Å². The number of aromatic hydroxyl groups is 1. The van der Waals surface area contributed by atoms with Crippen molar-refractivity contribution in [2.45, 2.75) is 78.1 Å². The van der Waals surface area contributed by atoms with Gasteiger partial charge in [0.1, 0.15) is 29.5 Å². The largest absolute Gasteiger partial charge is 0.507 e. The molecule has 2 atom stereocenters. The summed E-state index contributed by atoms with van der Waals surface area (Å²) in [5.74, 6) is 1.98. The quantitative estimate of drug-likeness (QED) is 0.0383. The predicted molar refractivity (Wildman–Crippen MR) is 361 cm³/mol. The van der Waals surface area contributed by atoms with Crippen molar-refractivity contribution in [3.63, 3.8) is 0 Å². The maximum Gasteiger partial charge on any atom is 0.369 e. The number of anilines is 2. The molecule has 2 aromatic heterocycles. The molecule has 7 N–H and O–H groups in total. The molecule has 13 nitrogen and oxygen atoms in total. The number of phenolic OH excluding ortho intramolecular Hbond substituents is 1. The average Bonchev–Trinajstić information content (AvgIpc) is 4.41. The van der Waals surface area contributed by atoms with Crippen LogP contribution in [0.3, 0.4) is 0 Å². The first-order valence-corrected chi connectivity index (χ1v) is 32.6. The summed E-state index contributed by atoms with van der Waals surface area (Å²) >= 11 is 16.5. The summed E-state index contributed by atoms with van der Waals surface area (Å²) in [6, 6.07) is 57.3. The minimum atomic E-state index is -0.245. The lowest BCUT2D eigenvalue weighted by Crippen LogP contribution is -2.25. The van der Waals surface area contributed by atoms with Gasteiger partial charge in [-0.2, -0.15) is 10.2 Å². The van der Waals surface area contributed by atoms with Crippen molar-refractivity contribution in [2.75, 3.05) is 23.7 Å². The number of carbonyl (C=O) groups excluding carboxylic acids is 2. The molecule has 2 saturated carbocycles. The first kappa shape index (κ1) is 63.3. The average molecular weight is 1460 g/mol. The Balaban J connectivity index is 0.000000194. The van der Waals surface area contributed by atoms with E-state index < -0.39 is 0 Å². The topological polar surface area (TPSA) is 173 Å². The van der Waals surface area contributed by atoms with Crippen LogP contribution in [-0.2, 0) is 19.6 Å². The molecule has 2 aliphatic carbocycles. The lowest BCUT2D eigenvalue weighted by molar-refractivity contribution is 0.101. The molecule has 0 aliphatic heterocycles. The smallest absolute Gasteiger partial charge is 0.369 e. The van der Waals surface area contributed by atoms with E-state index in [1.54, 1.807) is 21.5 Å². The van der Waals surface area contributed by atoms with Gasteiger partial charge in [0.05, 0.1) is 43.8 Å². The Bertz CT molecular complexity index is 3720. The standard InChI is InChI=1S/C37H37BrN4O2.C29H30BrN5O2.BBr3/c1-3-26-11-7-14-32(20-26)42-34(19-25(2)41-42)37(43)40-31-13-8-12-29(21-31)36(39-23-27-15-16-27)30-17-18-35(33(38)22-30)44-24-28-9-5-4-6-10-28;1-18-12-26(35(34-18)24-7-2-4-20(13-24)16-31)29(37)33-23-6-3-5-21(14-23)28(32-17-19-8-9-19)22-10-11-27(36)25(30)15-22;2-1(3)4/h4-14,17-22,27,36,39H,3,15-16,23-24H2,1-2H3,(H,40,43);2-7,10-15,19,28,32,36H,8-9,16-17,31H2,1H3,(H,33,37);. The molecule has 19 heteroatoms. The molecular formula is C66H67BBr5N9O4. The lowest BCUT2D eigenvalue weighted by Gasteiger charge is -2.22. The van der Waals surface area contributed by atoms with Crippen LogP contribution in [0.4, 0.5) is 11.4 Å². The maximum absolute atomic E-state index is 13.6. The summed E-state index contributed by atoms with van der Waals surface area (Å²) in [4.78, 5) is 27.0. The Labute approximate surface area is 539 Å². The molecule has 0 spiro atoms. The van der Waals surface area contributed by atoms with Crippen molar-refractivity contribution >= 4 is 106 Å². The lowest BCUT2D eigenvalue weighted by atomic mass is 9.97. The van der Waals surface area contributed by atoms with E-state index in [2.05, 4.69) is 166 Å². The molecule has 0 saturated heterocycles. The molecule has 7 aromatic carbocycles. The van der Waals surface area contributed by atoms with Crippen molar-refractivity contribution in [1.82, 2.24) is 30.2 Å². The van der Waals surface area contributed by atoms with E-state index in [1.165, 1.54) is 31.2 Å². The number of phenols is 1. The first-order chi connectivity index (χ1) is 41.1. The molecule has 2 fully saturated rings. The number of nitrogens with one attached hydrogen (secondary N) is 4. The minimum absolute atomic E-state index is 0.0449. The molecule has 85 heavy (non-hydrogen) atoms. The molecule has 438 valence electrons. The fourth-order valence-corrected chi connectivity index (χ4v) is 10.7. The van der Waals surface area contributed by atoms with Gasteiger partial charge in [-0.25, -0.2) is 9.36 Å². The molecule has 2 unspecified atom stereocenters. The number of aromatic nitrogens is 4. The van der Waals surface area contributed by atoms with E-state index in [-0.39, 0.29) is 32.8 Å². The molecule has 2 aliphatic rings.